The van der Waals surface area contributed by atoms with Crippen LogP contribution in [0.5, 0.6) is 0 Å². The van der Waals surface area contributed by atoms with Crippen molar-refractivity contribution in [1.82, 2.24) is 20.1 Å². The number of nitrogens with one attached hydrogen (secondary N) is 1. The third-order valence-corrected chi connectivity index (χ3v) is 5.37. The molecule has 0 aromatic carbocycles. The maximum absolute atomic E-state index is 11.7. The van der Waals surface area contributed by atoms with E-state index in [9.17, 15) is 14.7 Å². The van der Waals surface area contributed by atoms with Crippen molar-refractivity contribution in [3.05, 3.63) is 17.6 Å². The summed E-state index contributed by atoms with van der Waals surface area (Å²) in [5.74, 6) is -0.458. The maximum Gasteiger partial charge on any atom is 0.352 e. The molecule has 1 saturated heterocycles. The fourth-order valence-corrected chi connectivity index (χ4v) is 4.32. The van der Waals surface area contributed by atoms with E-state index in [-0.39, 0.29) is 17.0 Å². The van der Waals surface area contributed by atoms with Gasteiger partial charge in [0, 0.05) is 11.5 Å². The SMILES string of the molecule is NC1C(=O)N2C(C(=O)O)=C(CSc3nc[nH]n3)CS[C@H]12. The second kappa shape index (κ2) is 5.11. The molecule has 8 nitrogen and oxygen atoms in total. The van der Waals surface area contributed by atoms with Crippen LogP contribution in [0.3, 0.4) is 0 Å². The van der Waals surface area contributed by atoms with Gasteiger partial charge in [-0.3, -0.25) is 14.8 Å². The molecular weight excluding hydrogens is 302 g/mol. The van der Waals surface area contributed by atoms with Gasteiger partial charge in [0.25, 0.3) is 0 Å². The van der Waals surface area contributed by atoms with Gasteiger partial charge in [-0.15, -0.1) is 16.9 Å². The van der Waals surface area contributed by atoms with Crippen LogP contribution in [0.25, 0.3) is 0 Å². The van der Waals surface area contributed by atoms with Crippen molar-refractivity contribution < 1.29 is 14.7 Å². The van der Waals surface area contributed by atoms with Crippen LogP contribution in [0, 0.1) is 0 Å². The van der Waals surface area contributed by atoms with Crippen LogP contribution in [0.1, 0.15) is 0 Å². The molecule has 2 atom stereocenters. The predicted octanol–water partition coefficient (Wildman–Crippen LogP) is -0.522. The van der Waals surface area contributed by atoms with Gasteiger partial charge in [0.2, 0.25) is 11.1 Å². The van der Waals surface area contributed by atoms with Gasteiger partial charge in [-0.05, 0) is 5.57 Å². The molecule has 1 amide bonds. The number of fused-ring (bicyclic) bond motifs is 1. The third kappa shape index (κ3) is 2.09. The molecule has 3 rings (SSSR count). The van der Waals surface area contributed by atoms with Crippen molar-refractivity contribution in [3.8, 4) is 0 Å². The Hall–Kier alpha value is -1.52. The van der Waals surface area contributed by atoms with Crippen LogP contribution in [0.4, 0.5) is 0 Å². The number of nitrogens with two attached hydrogens (primary N) is 1. The normalized spacial score (nSPS) is 25.4. The van der Waals surface area contributed by atoms with Crippen molar-refractivity contribution >= 4 is 35.4 Å². The lowest BCUT2D eigenvalue weighted by molar-refractivity contribution is -0.147. The topological polar surface area (TPSA) is 125 Å². The zero-order chi connectivity index (χ0) is 14.3. The monoisotopic (exact) mass is 313 g/mol. The van der Waals surface area contributed by atoms with Crippen LogP contribution >= 0.6 is 23.5 Å². The first-order chi connectivity index (χ1) is 9.59. The zero-order valence-corrected chi connectivity index (χ0v) is 11.8. The van der Waals surface area contributed by atoms with Crippen molar-refractivity contribution in [1.29, 1.82) is 0 Å². The maximum atomic E-state index is 11.7. The first-order valence-electron chi connectivity index (χ1n) is 5.73. The molecule has 106 valence electrons. The number of nitrogens with zero attached hydrogens (tertiary/aromatic N) is 3. The number of carbonyl (C=O) groups is 2. The van der Waals surface area contributed by atoms with Crippen LogP contribution in [0.15, 0.2) is 22.8 Å². The van der Waals surface area contributed by atoms with Gasteiger partial charge < -0.3 is 10.8 Å². The number of H-pyrrole nitrogens is 1. The summed E-state index contributed by atoms with van der Waals surface area (Å²) in [5, 5.41) is 16.1. The molecule has 1 aromatic rings. The summed E-state index contributed by atoms with van der Waals surface area (Å²) < 4.78 is 0. The van der Waals surface area contributed by atoms with Gasteiger partial charge in [0.15, 0.2) is 0 Å². The van der Waals surface area contributed by atoms with Crippen molar-refractivity contribution in [2.24, 2.45) is 5.73 Å². The molecule has 3 heterocycles. The molecule has 10 heteroatoms. The number of carboxylic acid groups (broad SMARTS) is 1. The smallest absolute Gasteiger partial charge is 0.352 e. The zero-order valence-electron chi connectivity index (χ0n) is 10.1. The lowest BCUT2D eigenvalue weighted by Crippen LogP contribution is -2.68. The van der Waals surface area contributed by atoms with E-state index in [2.05, 4.69) is 15.2 Å². The molecule has 20 heavy (non-hydrogen) atoms. The largest absolute Gasteiger partial charge is 0.477 e. The number of carbonyl (C=O) groups excluding carboxylic acids is 1. The van der Waals surface area contributed by atoms with Crippen molar-refractivity contribution in [2.75, 3.05) is 11.5 Å². The number of aromatic nitrogens is 3. The van der Waals surface area contributed by atoms with Gasteiger partial charge >= 0.3 is 5.97 Å². The van der Waals surface area contributed by atoms with E-state index in [1.54, 1.807) is 0 Å². The van der Waals surface area contributed by atoms with Crippen molar-refractivity contribution in [2.45, 2.75) is 16.6 Å². The Morgan fingerprint density at radius 2 is 2.50 bits per heavy atom. The molecule has 0 saturated carbocycles. The number of rotatable bonds is 4. The Bertz CT molecular complexity index is 588. The van der Waals surface area contributed by atoms with E-state index >= 15 is 0 Å². The number of amides is 1. The first kappa shape index (κ1) is 13.5. The van der Waals surface area contributed by atoms with Crippen LogP contribution in [-0.2, 0) is 9.59 Å². The quantitative estimate of drug-likeness (QED) is 0.501. The Morgan fingerprint density at radius 3 is 3.15 bits per heavy atom. The molecule has 1 fully saturated rings. The Balaban J connectivity index is 1.82. The Labute approximate surface area is 122 Å². The Morgan fingerprint density at radius 1 is 1.70 bits per heavy atom. The highest BCUT2D eigenvalue weighted by Crippen LogP contribution is 2.40. The first-order valence-corrected chi connectivity index (χ1v) is 7.77. The van der Waals surface area contributed by atoms with Crippen LogP contribution in [0.2, 0.25) is 0 Å². The average molecular weight is 313 g/mol. The summed E-state index contributed by atoms with van der Waals surface area (Å²) >= 11 is 2.82. The highest BCUT2D eigenvalue weighted by Gasteiger charge is 2.51. The van der Waals surface area contributed by atoms with E-state index in [4.69, 9.17) is 5.73 Å². The average Bonchev–Trinajstić information content (AvgIpc) is 2.96. The fourth-order valence-electron chi connectivity index (χ4n) is 2.11. The summed E-state index contributed by atoms with van der Waals surface area (Å²) in [4.78, 5) is 28.4. The highest BCUT2D eigenvalue weighted by molar-refractivity contribution is 8.01. The molecule has 2 aliphatic rings. The molecule has 1 unspecified atom stereocenters. The van der Waals surface area contributed by atoms with E-state index in [0.29, 0.717) is 22.2 Å². The lowest BCUT2D eigenvalue weighted by atomic mass is 10.0. The number of β-lactam (4-membered cyclic amide) rings is 1. The summed E-state index contributed by atoms with van der Waals surface area (Å²) in [7, 11) is 0. The molecule has 4 N–H and O–H groups in total. The van der Waals surface area contributed by atoms with E-state index in [1.807, 2.05) is 0 Å². The number of thioether (sulfide) groups is 2. The minimum Gasteiger partial charge on any atom is -0.477 e. The summed E-state index contributed by atoms with van der Waals surface area (Å²) in [6, 6.07) is -0.600. The third-order valence-electron chi connectivity index (χ3n) is 3.06. The molecular formula is C10H11N5O3S2. The standard InChI is InChI=1S/C10H11N5O3S2/c11-5-7(16)15-6(9(17)18)4(1-19-8(5)15)2-20-10-12-3-13-14-10/h3,5,8H,1-2,11H2,(H,17,18)(H,12,13,14)/t5?,8-/m1/s1. The van der Waals surface area contributed by atoms with E-state index < -0.39 is 12.0 Å². The minimum absolute atomic E-state index is 0.0588. The van der Waals surface area contributed by atoms with Crippen molar-refractivity contribution in [3.63, 3.8) is 0 Å². The van der Waals surface area contributed by atoms with Gasteiger partial charge in [0.05, 0.1) is 0 Å². The number of hydrogen-bond acceptors (Lipinski definition) is 7. The van der Waals surface area contributed by atoms with Gasteiger partial charge in [-0.1, -0.05) is 11.8 Å². The highest BCUT2D eigenvalue weighted by atomic mass is 32.2. The molecule has 0 aliphatic carbocycles. The summed E-state index contributed by atoms with van der Waals surface area (Å²) in [6.45, 7) is 0. The number of aliphatic carboxylic acids is 1. The second-order valence-electron chi connectivity index (χ2n) is 4.26. The van der Waals surface area contributed by atoms with Gasteiger partial charge in [-0.25, -0.2) is 9.78 Å². The fraction of sp³-hybridized carbons (Fsp3) is 0.400. The number of aromatic amines is 1. The van der Waals surface area contributed by atoms with Gasteiger partial charge in [-0.2, -0.15) is 0 Å². The Kier molecular flexibility index (Phi) is 3.44. The molecule has 2 aliphatic heterocycles. The molecule has 1 aromatic heterocycles. The lowest BCUT2D eigenvalue weighted by Gasteiger charge is -2.48. The second-order valence-corrected chi connectivity index (χ2v) is 6.31. The molecule has 0 bridgehead atoms. The van der Waals surface area contributed by atoms with Gasteiger partial charge in [0.1, 0.15) is 23.4 Å². The molecule has 0 spiro atoms. The van der Waals surface area contributed by atoms with E-state index in [0.717, 1.165) is 0 Å². The number of carboxylic acids is 1. The number of hydrogen-bond donors (Lipinski definition) is 3. The predicted molar refractivity (Wildman–Crippen MR) is 72.8 cm³/mol. The van der Waals surface area contributed by atoms with E-state index in [1.165, 1.54) is 34.8 Å². The molecule has 0 radical (unpaired) electrons. The summed E-state index contributed by atoms with van der Waals surface area (Å²) in [6.07, 6.45) is 1.46. The van der Waals surface area contributed by atoms with Crippen LogP contribution in [-0.4, -0.2) is 60.0 Å². The van der Waals surface area contributed by atoms with Crippen LogP contribution < -0.4 is 5.73 Å². The minimum atomic E-state index is -1.10. The summed E-state index contributed by atoms with van der Waals surface area (Å²) in [5.41, 5.74) is 6.43.